The predicted molar refractivity (Wildman–Crippen MR) is 56.7 cm³/mol. The fourth-order valence-electron chi connectivity index (χ4n) is 1.98. The van der Waals surface area contributed by atoms with Crippen LogP contribution in [0.1, 0.15) is 40.0 Å². The highest BCUT2D eigenvalue weighted by Gasteiger charge is 2.30. The van der Waals surface area contributed by atoms with E-state index < -0.39 is 0 Å². The highest BCUT2D eigenvalue weighted by Crippen LogP contribution is 2.36. The second-order valence-corrected chi connectivity index (χ2v) is 4.61. The van der Waals surface area contributed by atoms with Crippen molar-refractivity contribution in [2.45, 2.75) is 46.1 Å². The molecular weight excluding hydrogens is 162 g/mol. The van der Waals surface area contributed by atoms with E-state index in [0.29, 0.717) is 17.4 Å². The molecule has 3 N–H and O–H groups in total. The molecule has 13 heavy (non-hydrogen) atoms. The second kappa shape index (κ2) is 3.99. The lowest BCUT2D eigenvalue weighted by Gasteiger charge is -2.18. The zero-order valence-corrected chi connectivity index (χ0v) is 8.93. The van der Waals surface area contributed by atoms with Crippen LogP contribution in [0.2, 0.25) is 0 Å². The van der Waals surface area contributed by atoms with E-state index in [1.807, 2.05) is 6.92 Å². The maximum atomic E-state index is 5.69. The first-order chi connectivity index (χ1) is 6.03. The van der Waals surface area contributed by atoms with Crippen LogP contribution in [-0.2, 0) is 0 Å². The van der Waals surface area contributed by atoms with Gasteiger partial charge in [0.25, 0.3) is 0 Å². The average Bonchev–Trinajstić information content (AvgIpc) is 2.30. The van der Waals surface area contributed by atoms with Gasteiger partial charge in [0, 0.05) is 12.6 Å². The number of rotatable bonds is 2. The molecule has 0 amide bonds. The largest absolute Gasteiger partial charge is 0.370 e. The summed E-state index contributed by atoms with van der Waals surface area (Å²) in [5.74, 6) is 0.602. The molecule has 1 rings (SSSR count). The summed E-state index contributed by atoms with van der Waals surface area (Å²) in [7, 11) is 0. The Morgan fingerprint density at radius 3 is 2.77 bits per heavy atom. The van der Waals surface area contributed by atoms with Crippen LogP contribution in [0.5, 0.6) is 0 Å². The van der Waals surface area contributed by atoms with Gasteiger partial charge in [-0.25, -0.2) is 0 Å². The third-order valence-corrected chi connectivity index (χ3v) is 2.65. The molecule has 1 fully saturated rings. The normalized spacial score (nSPS) is 27.6. The molecule has 1 unspecified atom stereocenters. The SMILES string of the molecule is CCN=C(N)NC1CCC(C)(C)C1. The first-order valence-corrected chi connectivity index (χ1v) is 5.10. The average molecular weight is 183 g/mol. The Balaban J connectivity index is 2.36. The van der Waals surface area contributed by atoms with Crippen LogP contribution in [0.15, 0.2) is 4.99 Å². The van der Waals surface area contributed by atoms with Crippen molar-refractivity contribution >= 4 is 5.96 Å². The molecule has 1 aliphatic carbocycles. The zero-order chi connectivity index (χ0) is 9.90. The Hall–Kier alpha value is -0.730. The first kappa shape index (κ1) is 10.4. The first-order valence-electron chi connectivity index (χ1n) is 5.10. The van der Waals surface area contributed by atoms with Crippen LogP contribution in [0.3, 0.4) is 0 Å². The standard InChI is InChI=1S/C10H21N3/c1-4-12-9(11)13-8-5-6-10(2,3)7-8/h8H,4-7H2,1-3H3,(H3,11,12,13). The van der Waals surface area contributed by atoms with Crippen LogP contribution in [0.25, 0.3) is 0 Å². The Bertz CT molecular complexity index is 196. The third-order valence-electron chi connectivity index (χ3n) is 2.65. The van der Waals surface area contributed by atoms with Crippen molar-refractivity contribution in [3.63, 3.8) is 0 Å². The van der Waals surface area contributed by atoms with E-state index in [1.165, 1.54) is 19.3 Å². The molecule has 0 radical (unpaired) electrons. The Kier molecular flexibility index (Phi) is 3.17. The fraction of sp³-hybridized carbons (Fsp3) is 0.900. The van der Waals surface area contributed by atoms with Crippen molar-refractivity contribution in [1.29, 1.82) is 0 Å². The van der Waals surface area contributed by atoms with Crippen molar-refractivity contribution < 1.29 is 0 Å². The van der Waals surface area contributed by atoms with Gasteiger partial charge < -0.3 is 11.1 Å². The van der Waals surface area contributed by atoms with E-state index in [4.69, 9.17) is 5.73 Å². The summed E-state index contributed by atoms with van der Waals surface area (Å²) in [5, 5.41) is 3.26. The summed E-state index contributed by atoms with van der Waals surface area (Å²) in [4.78, 5) is 4.12. The number of guanidine groups is 1. The van der Waals surface area contributed by atoms with Gasteiger partial charge in [-0.1, -0.05) is 13.8 Å². The van der Waals surface area contributed by atoms with Gasteiger partial charge in [-0.05, 0) is 31.6 Å². The molecule has 0 aromatic heterocycles. The molecule has 1 atom stereocenters. The molecule has 0 aliphatic heterocycles. The molecule has 3 heteroatoms. The highest BCUT2D eigenvalue weighted by molar-refractivity contribution is 5.78. The van der Waals surface area contributed by atoms with Gasteiger partial charge in [-0.15, -0.1) is 0 Å². The second-order valence-electron chi connectivity index (χ2n) is 4.61. The van der Waals surface area contributed by atoms with Crippen LogP contribution in [0, 0.1) is 5.41 Å². The Labute approximate surface area is 80.8 Å². The van der Waals surface area contributed by atoms with E-state index in [2.05, 4.69) is 24.2 Å². The van der Waals surface area contributed by atoms with Gasteiger partial charge in [0.15, 0.2) is 5.96 Å². The van der Waals surface area contributed by atoms with E-state index in [-0.39, 0.29) is 0 Å². The van der Waals surface area contributed by atoms with Crippen molar-refractivity contribution in [2.24, 2.45) is 16.1 Å². The number of hydrogen-bond acceptors (Lipinski definition) is 1. The molecule has 3 nitrogen and oxygen atoms in total. The number of aliphatic imine (C=N–C) groups is 1. The fourth-order valence-corrected chi connectivity index (χ4v) is 1.98. The van der Waals surface area contributed by atoms with Gasteiger partial charge in [-0.2, -0.15) is 0 Å². The summed E-state index contributed by atoms with van der Waals surface area (Å²) in [6.07, 6.45) is 3.70. The molecule has 0 saturated heterocycles. The van der Waals surface area contributed by atoms with Crippen molar-refractivity contribution in [3.8, 4) is 0 Å². The molecule has 76 valence electrons. The number of nitrogens with one attached hydrogen (secondary N) is 1. The highest BCUT2D eigenvalue weighted by atomic mass is 15.1. The van der Waals surface area contributed by atoms with Crippen molar-refractivity contribution in [1.82, 2.24) is 5.32 Å². The van der Waals surface area contributed by atoms with E-state index >= 15 is 0 Å². The number of hydrogen-bond donors (Lipinski definition) is 2. The smallest absolute Gasteiger partial charge is 0.188 e. The molecule has 0 aromatic rings. The third kappa shape index (κ3) is 3.25. The summed E-state index contributed by atoms with van der Waals surface area (Å²) >= 11 is 0. The van der Waals surface area contributed by atoms with Gasteiger partial charge in [-0.3, -0.25) is 4.99 Å². The number of nitrogens with two attached hydrogens (primary N) is 1. The summed E-state index contributed by atoms with van der Waals surface area (Å²) in [6, 6.07) is 0.533. The van der Waals surface area contributed by atoms with Crippen molar-refractivity contribution in [2.75, 3.05) is 6.54 Å². The van der Waals surface area contributed by atoms with Crippen molar-refractivity contribution in [3.05, 3.63) is 0 Å². The predicted octanol–water partition coefficient (Wildman–Crippen LogP) is 1.49. The summed E-state index contributed by atoms with van der Waals surface area (Å²) in [6.45, 7) is 7.37. The molecule has 0 bridgehead atoms. The lowest BCUT2D eigenvalue weighted by Crippen LogP contribution is -2.39. The Morgan fingerprint density at radius 2 is 2.31 bits per heavy atom. The van der Waals surface area contributed by atoms with Gasteiger partial charge >= 0.3 is 0 Å². The lowest BCUT2D eigenvalue weighted by molar-refractivity contribution is 0.372. The van der Waals surface area contributed by atoms with Crippen LogP contribution in [0.4, 0.5) is 0 Å². The van der Waals surface area contributed by atoms with Crippen LogP contribution < -0.4 is 11.1 Å². The quantitative estimate of drug-likeness (QED) is 0.503. The summed E-state index contributed by atoms with van der Waals surface area (Å²) in [5.41, 5.74) is 6.17. The minimum Gasteiger partial charge on any atom is -0.370 e. The van der Waals surface area contributed by atoms with Crippen LogP contribution in [-0.4, -0.2) is 18.5 Å². The molecule has 0 spiro atoms. The molecule has 0 heterocycles. The Morgan fingerprint density at radius 1 is 1.62 bits per heavy atom. The monoisotopic (exact) mass is 183 g/mol. The molecule has 0 aromatic carbocycles. The zero-order valence-electron chi connectivity index (χ0n) is 8.93. The summed E-state index contributed by atoms with van der Waals surface area (Å²) < 4.78 is 0. The van der Waals surface area contributed by atoms with Gasteiger partial charge in [0.1, 0.15) is 0 Å². The van der Waals surface area contributed by atoms with Crippen LogP contribution >= 0.6 is 0 Å². The molecule has 1 aliphatic rings. The molecular formula is C10H21N3. The molecule has 1 saturated carbocycles. The topological polar surface area (TPSA) is 50.4 Å². The van der Waals surface area contributed by atoms with E-state index in [0.717, 1.165) is 6.54 Å². The van der Waals surface area contributed by atoms with Gasteiger partial charge in [0.05, 0.1) is 0 Å². The minimum absolute atomic E-state index is 0.476. The lowest BCUT2D eigenvalue weighted by atomic mass is 9.92. The van der Waals surface area contributed by atoms with Gasteiger partial charge in [0.2, 0.25) is 0 Å². The minimum atomic E-state index is 0.476. The maximum absolute atomic E-state index is 5.69. The number of nitrogens with zero attached hydrogens (tertiary/aromatic N) is 1. The van der Waals surface area contributed by atoms with E-state index in [9.17, 15) is 0 Å². The maximum Gasteiger partial charge on any atom is 0.188 e. The van der Waals surface area contributed by atoms with E-state index in [1.54, 1.807) is 0 Å².